The highest BCUT2D eigenvalue weighted by molar-refractivity contribution is 6.03. The van der Waals surface area contributed by atoms with Crippen LogP contribution in [-0.4, -0.2) is 41.3 Å². The highest BCUT2D eigenvalue weighted by Gasteiger charge is 2.20. The van der Waals surface area contributed by atoms with Gasteiger partial charge in [-0.05, 0) is 49.7 Å². The number of hydrogen-bond acceptors (Lipinski definition) is 8. The van der Waals surface area contributed by atoms with Gasteiger partial charge in [-0.3, -0.25) is 0 Å². The quantitative estimate of drug-likeness (QED) is 0.511. The fourth-order valence-corrected chi connectivity index (χ4v) is 2.37. The average Bonchev–Trinajstić information content (AvgIpc) is 2.72. The molecule has 0 saturated heterocycles. The number of ether oxygens (including phenoxy) is 2. The molecule has 0 aliphatic heterocycles. The molecule has 0 aliphatic rings. The minimum absolute atomic E-state index is 0.00296. The van der Waals surface area contributed by atoms with Gasteiger partial charge in [0.1, 0.15) is 0 Å². The van der Waals surface area contributed by atoms with Crippen LogP contribution in [0.25, 0.3) is 0 Å². The topological polar surface area (TPSA) is 135 Å². The van der Waals surface area contributed by atoms with Crippen molar-refractivity contribution in [3.63, 3.8) is 0 Å². The molecule has 0 heterocycles. The molecule has 0 aromatic heterocycles. The first-order valence-corrected chi connectivity index (χ1v) is 8.78. The molecular formula is C20H20N2O7. The maximum absolute atomic E-state index is 12.2. The number of carbonyl (C=O) groups is 3. The molecule has 0 aliphatic carbocycles. The fraction of sp³-hybridized carbons (Fsp3) is 0.250. The molecule has 2 rings (SSSR count). The monoisotopic (exact) mass is 400 g/mol. The summed E-state index contributed by atoms with van der Waals surface area (Å²) in [6.45, 7) is 3.58. The molecule has 1 atom stereocenters. The van der Waals surface area contributed by atoms with E-state index in [0.29, 0.717) is 5.69 Å². The number of aliphatic carboxylic acids is 1. The molecular weight excluding hydrogens is 380 g/mol. The van der Waals surface area contributed by atoms with Gasteiger partial charge < -0.3 is 19.7 Å². The molecule has 0 radical (unpaired) electrons. The third-order valence-corrected chi connectivity index (χ3v) is 3.69. The molecule has 1 unspecified atom stereocenters. The molecule has 0 saturated carbocycles. The van der Waals surface area contributed by atoms with Crippen LogP contribution in [0.4, 0.5) is 11.4 Å². The van der Waals surface area contributed by atoms with Gasteiger partial charge in [0, 0.05) is 0 Å². The molecule has 0 amide bonds. The summed E-state index contributed by atoms with van der Waals surface area (Å²) in [5.74, 6) is -2.73. The van der Waals surface area contributed by atoms with Crippen molar-refractivity contribution in [1.82, 2.24) is 0 Å². The van der Waals surface area contributed by atoms with Crippen molar-refractivity contribution in [2.45, 2.75) is 20.0 Å². The minimum Gasteiger partial charge on any atom is -0.479 e. The zero-order valence-corrected chi connectivity index (χ0v) is 15.9. The van der Waals surface area contributed by atoms with Crippen LogP contribution < -0.4 is 0 Å². The summed E-state index contributed by atoms with van der Waals surface area (Å²) >= 11 is 0. The van der Waals surface area contributed by atoms with Crippen LogP contribution >= 0.6 is 0 Å². The Bertz CT molecular complexity index is 940. The van der Waals surface area contributed by atoms with Crippen LogP contribution in [0.5, 0.6) is 0 Å². The summed E-state index contributed by atoms with van der Waals surface area (Å²) in [5.41, 5.74) is 0.770. The summed E-state index contributed by atoms with van der Waals surface area (Å²) in [4.78, 5) is 35.2. The van der Waals surface area contributed by atoms with Gasteiger partial charge in [-0.2, -0.15) is 10.2 Å². The highest BCUT2D eigenvalue weighted by atomic mass is 16.5. The third-order valence-electron chi connectivity index (χ3n) is 3.69. The number of carboxylic acids is 1. The summed E-state index contributed by atoms with van der Waals surface area (Å²) in [5, 5.41) is 26.5. The third kappa shape index (κ3) is 5.69. The van der Waals surface area contributed by atoms with Crippen molar-refractivity contribution in [2.75, 3.05) is 13.2 Å². The predicted octanol–water partition coefficient (Wildman–Crippen LogP) is 3.57. The molecule has 29 heavy (non-hydrogen) atoms. The Hall–Kier alpha value is -3.59. The number of aliphatic hydroxyl groups excluding tert-OH is 1. The molecule has 9 nitrogen and oxygen atoms in total. The van der Waals surface area contributed by atoms with Crippen molar-refractivity contribution in [3.8, 4) is 0 Å². The van der Waals surface area contributed by atoms with Crippen LogP contribution in [0.3, 0.4) is 0 Å². The van der Waals surface area contributed by atoms with E-state index in [4.69, 9.17) is 14.6 Å². The number of rotatable bonds is 8. The number of hydrogen-bond donors (Lipinski definition) is 2. The van der Waals surface area contributed by atoms with Gasteiger partial charge in [0.2, 0.25) is 0 Å². The molecule has 0 bridgehead atoms. The number of azo groups is 1. The lowest BCUT2D eigenvalue weighted by molar-refractivity contribution is -0.146. The molecule has 9 heteroatoms. The zero-order valence-electron chi connectivity index (χ0n) is 15.9. The zero-order chi connectivity index (χ0) is 21.4. The molecule has 2 aromatic rings. The standard InChI is InChI=1S/C20H20N2O7/c1-3-28-19(26)15-9-8-14(11-16(15)20(27)29-4-2)22-21-13-7-5-6-12(10-13)17(23)18(24)25/h5-11,17,23H,3-4H2,1-2H3,(H,24,25). The number of carboxylic acid groups (broad SMARTS) is 1. The van der Waals surface area contributed by atoms with Gasteiger partial charge in [0.25, 0.3) is 0 Å². The van der Waals surface area contributed by atoms with E-state index in [2.05, 4.69) is 10.2 Å². The number of benzene rings is 2. The van der Waals surface area contributed by atoms with Crippen molar-refractivity contribution < 1.29 is 34.1 Å². The van der Waals surface area contributed by atoms with Crippen LogP contribution in [0.2, 0.25) is 0 Å². The van der Waals surface area contributed by atoms with Crippen molar-refractivity contribution in [3.05, 3.63) is 59.2 Å². The Morgan fingerprint density at radius 1 is 0.897 bits per heavy atom. The first-order valence-electron chi connectivity index (χ1n) is 8.78. The summed E-state index contributed by atoms with van der Waals surface area (Å²) in [6.07, 6.45) is -1.68. The second-order valence-corrected chi connectivity index (χ2v) is 5.71. The Morgan fingerprint density at radius 3 is 2.07 bits per heavy atom. The SMILES string of the molecule is CCOC(=O)c1ccc(N=Nc2cccc(C(O)C(=O)O)c2)cc1C(=O)OCC. The van der Waals surface area contributed by atoms with E-state index in [1.54, 1.807) is 19.9 Å². The van der Waals surface area contributed by atoms with E-state index in [-0.39, 0.29) is 35.6 Å². The van der Waals surface area contributed by atoms with Gasteiger partial charge >= 0.3 is 17.9 Å². The van der Waals surface area contributed by atoms with Gasteiger partial charge in [-0.1, -0.05) is 12.1 Å². The van der Waals surface area contributed by atoms with E-state index >= 15 is 0 Å². The van der Waals surface area contributed by atoms with E-state index in [1.807, 2.05) is 0 Å². The van der Waals surface area contributed by atoms with Crippen molar-refractivity contribution >= 4 is 29.3 Å². The minimum atomic E-state index is -1.68. The maximum atomic E-state index is 12.2. The molecule has 2 aromatic carbocycles. The van der Waals surface area contributed by atoms with Gasteiger partial charge in [0.15, 0.2) is 6.10 Å². The second kappa shape index (κ2) is 10.1. The lowest BCUT2D eigenvalue weighted by atomic mass is 10.1. The first-order chi connectivity index (χ1) is 13.9. The predicted molar refractivity (Wildman–Crippen MR) is 102 cm³/mol. The largest absolute Gasteiger partial charge is 0.479 e. The number of carbonyl (C=O) groups excluding carboxylic acids is 2. The number of esters is 2. The Kier molecular flexibility index (Phi) is 7.55. The lowest BCUT2D eigenvalue weighted by Gasteiger charge is -2.09. The van der Waals surface area contributed by atoms with Crippen LogP contribution in [0, 0.1) is 0 Å². The summed E-state index contributed by atoms with van der Waals surface area (Å²) < 4.78 is 9.93. The first kappa shape index (κ1) is 21.7. The summed E-state index contributed by atoms with van der Waals surface area (Å²) in [6, 6.07) is 10.2. The Morgan fingerprint density at radius 2 is 1.48 bits per heavy atom. The fourth-order valence-electron chi connectivity index (χ4n) is 2.37. The van der Waals surface area contributed by atoms with Crippen molar-refractivity contribution in [2.24, 2.45) is 10.2 Å². The van der Waals surface area contributed by atoms with Crippen molar-refractivity contribution in [1.29, 1.82) is 0 Å². The smallest absolute Gasteiger partial charge is 0.339 e. The molecule has 2 N–H and O–H groups in total. The number of aliphatic hydroxyl groups is 1. The lowest BCUT2D eigenvalue weighted by Crippen LogP contribution is -2.13. The van der Waals surface area contributed by atoms with Gasteiger partial charge in [0.05, 0.1) is 35.7 Å². The van der Waals surface area contributed by atoms with E-state index in [1.165, 1.54) is 36.4 Å². The number of nitrogens with zero attached hydrogens (tertiary/aromatic N) is 2. The van der Waals surface area contributed by atoms with E-state index in [9.17, 15) is 19.5 Å². The molecule has 0 fully saturated rings. The average molecular weight is 400 g/mol. The normalized spacial score (nSPS) is 11.8. The van der Waals surface area contributed by atoms with Gasteiger partial charge in [-0.25, -0.2) is 14.4 Å². The summed E-state index contributed by atoms with van der Waals surface area (Å²) in [7, 11) is 0. The van der Waals surface area contributed by atoms with E-state index < -0.39 is 24.0 Å². The van der Waals surface area contributed by atoms with Crippen LogP contribution in [0.15, 0.2) is 52.7 Å². The van der Waals surface area contributed by atoms with Crippen LogP contribution in [-0.2, 0) is 14.3 Å². The van der Waals surface area contributed by atoms with Crippen LogP contribution in [0.1, 0.15) is 46.2 Å². The van der Waals surface area contributed by atoms with Gasteiger partial charge in [-0.15, -0.1) is 0 Å². The maximum Gasteiger partial charge on any atom is 0.339 e. The molecule has 0 spiro atoms. The second-order valence-electron chi connectivity index (χ2n) is 5.71. The van der Waals surface area contributed by atoms with E-state index in [0.717, 1.165) is 0 Å². The highest BCUT2D eigenvalue weighted by Crippen LogP contribution is 2.25. The molecule has 152 valence electrons. The Labute approximate surface area is 166 Å². The Balaban J connectivity index is 2.34.